The molecule has 3 rings (SSSR count). The second-order valence-electron chi connectivity index (χ2n) is 5.75. The van der Waals surface area contributed by atoms with Crippen LogP contribution in [0.4, 0.5) is 5.69 Å². The van der Waals surface area contributed by atoms with Gasteiger partial charge < -0.3 is 5.32 Å². The monoisotopic (exact) mass is 343 g/mol. The summed E-state index contributed by atoms with van der Waals surface area (Å²) in [6, 6.07) is 6.01. The van der Waals surface area contributed by atoms with E-state index < -0.39 is 0 Å². The van der Waals surface area contributed by atoms with Gasteiger partial charge in [0.2, 0.25) is 10.9 Å². The van der Waals surface area contributed by atoms with Crippen molar-refractivity contribution in [2.24, 2.45) is 0 Å². The first kappa shape index (κ1) is 16.6. The highest BCUT2D eigenvalue weighted by Crippen LogP contribution is 2.29. The number of rotatable bonds is 6. The first-order valence-electron chi connectivity index (χ1n) is 8.24. The molecule has 3 aromatic rings. The lowest BCUT2D eigenvalue weighted by molar-refractivity contribution is -0.116. The van der Waals surface area contributed by atoms with E-state index in [9.17, 15) is 4.79 Å². The maximum atomic E-state index is 12.0. The maximum Gasteiger partial charge on any atom is 0.234 e. The third-order valence-electron chi connectivity index (χ3n) is 3.89. The molecule has 126 valence electrons. The zero-order valence-electron chi connectivity index (χ0n) is 14.2. The molecule has 0 spiro atoms. The van der Waals surface area contributed by atoms with E-state index in [-0.39, 0.29) is 5.91 Å². The first-order chi connectivity index (χ1) is 11.6. The molecule has 0 radical (unpaired) electrons. The lowest BCUT2D eigenvalue weighted by atomic mass is 10.1. The lowest BCUT2D eigenvalue weighted by Crippen LogP contribution is -2.12. The molecule has 0 aliphatic carbocycles. The topological polar surface area (TPSA) is 72.2 Å². The Bertz CT molecular complexity index is 867. The summed E-state index contributed by atoms with van der Waals surface area (Å²) in [4.78, 5) is 12.8. The number of aryl methyl sites for hydroxylation is 2. The van der Waals surface area contributed by atoms with Crippen molar-refractivity contribution in [3.8, 4) is 10.6 Å². The standard InChI is InChI=1S/C17H21N5OS/c1-4-6-7-15(23)18-13-10-12(9-8-11(13)3)16-21-22-14(5-2)19-20-17(22)24-16/h8-10H,4-7H2,1-3H3,(H,18,23). The highest BCUT2D eigenvalue weighted by molar-refractivity contribution is 7.19. The lowest BCUT2D eigenvalue weighted by Gasteiger charge is -2.09. The smallest absolute Gasteiger partial charge is 0.234 e. The number of hydrogen-bond acceptors (Lipinski definition) is 5. The van der Waals surface area contributed by atoms with Gasteiger partial charge >= 0.3 is 0 Å². The third kappa shape index (κ3) is 3.31. The number of carbonyl (C=O) groups is 1. The van der Waals surface area contributed by atoms with Crippen LogP contribution in [0.5, 0.6) is 0 Å². The minimum absolute atomic E-state index is 0.0588. The average Bonchev–Trinajstić information content (AvgIpc) is 3.15. The highest BCUT2D eigenvalue weighted by atomic mass is 32.1. The Morgan fingerprint density at radius 3 is 2.88 bits per heavy atom. The Morgan fingerprint density at radius 1 is 1.29 bits per heavy atom. The van der Waals surface area contributed by atoms with Gasteiger partial charge in [0.25, 0.3) is 0 Å². The van der Waals surface area contributed by atoms with E-state index in [1.54, 1.807) is 4.52 Å². The summed E-state index contributed by atoms with van der Waals surface area (Å²) < 4.78 is 1.79. The normalized spacial score (nSPS) is 11.1. The van der Waals surface area contributed by atoms with E-state index in [2.05, 4.69) is 27.5 Å². The Kier molecular flexibility index (Phi) is 4.89. The van der Waals surface area contributed by atoms with Crippen LogP contribution in [-0.4, -0.2) is 25.7 Å². The summed E-state index contributed by atoms with van der Waals surface area (Å²) in [5, 5.41) is 16.8. The first-order valence-corrected chi connectivity index (χ1v) is 9.06. The van der Waals surface area contributed by atoms with Gasteiger partial charge in [-0.1, -0.05) is 43.7 Å². The molecule has 0 fully saturated rings. The molecule has 0 saturated carbocycles. The largest absolute Gasteiger partial charge is 0.326 e. The van der Waals surface area contributed by atoms with Gasteiger partial charge in [-0.15, -0.1) is 10.2 Å². The molecule has 6 nitrogen and oxygen atoms in total. The maximum absolute atomic E-state index is 12.0. The van der Waals surface area contributed by atoms with Crippen LogP contribution in [0.3, 0.4) is 0 Å². The van der Waals surface area contributed by atoms with E-state index in [0.29, 0.717) is 6.42 Å². The Hall–Kier alpha value is -2.28. The van der Waals surface area contributed by atoms with Crippen LogP contribution in [0.15, 0.2) is 18.2 Å². The number of aromatic nitrogens is 4. The Morgan fingerprint density at radius 2 is 2.12 bits per heavy atom. The molecule has 7 heteroatoms. The molecule has 0 aliphatic heterocycles. The van der Waals surface area contributed by atoms with Gasteiger partial charge in [0.15, 0.2) is 5.82 Å². The second-order valence-corrected chi connectivity index (χ2v) is 6.71. The van der Waals surface area contributed by atoms with Gasteiger partial charge in [-0.3, -0.25) is 4.79 Å². The summed E-state index contributed by atoms with van der Waals surface area (Å²) >= 11 is 1.50. The Balaban J connectivity index is 1.88. The fourth-order valence-electron chi connectivity index (χ4n) is 2.43. The molecular formula is C17H21N5OS. The SMILES string of the molecule is CCCCC(=O)Nc1cc(-c2nn3c(CC)nnc3s2)ccc1C. The van der Waals surface area contributed by atoms with Gasteiger partial charge in [-0.25, -0.2) is 0 Å². The fraction of sp³-hybridized carbons (Fsp3) is 0.412. The van der Waals surface area contributed by atoms with Crippen molar-refractivity contribution in [3.63, 3.8) is 0 Å². The van der Waals surface area contributed by atoms with Crippen LogP contribution in [0.1, 0.15) is 44.5 Å². The molecule has 0 atom stereocenters. The average molecular weight is 343 g/mol. The number of nitrogens with one attached hydrogen (secondary N) is 1. The minimum atomic E-state index is 0.0588. The molecule has 0 aliphatic rings. The molecule has 2 aromatic heterocycles. The number of benzene rings is 1. The Labute approximate surface area is 144 Å². The molecule has 1 N–H and O–H groups in total. The molecule has 0 bridgehead atoms. The summed E-state index contributed by atoms with van der Waals surface area (Å²) in [5.74, 6) is 0.913. The molecule has 24 heavy (non-hydrogen) atoms. The van der Waals surface area contributed by atoms with Crippen LogP contribution in [0.2, 0.25) is 0 Å². The van der Waals surface area contributed by atoms with Crippen molar-refractivity contribution < 1.29 is 4.79 Å². The zero-order valence-corrected chi connectivity index (χ0v) is 15.0. The van der Waals surface area contributed by atoms with Gasteiger partial charge in [0, 0.05) is 24.1 Å². The number of amides is 1. The summed E-state index contributed by atoms with van der Waals surface area (Å²) in [6.45, 7) is 6.11. The number of hydrogen-bond donors (Lipinski definition) is 1. The minimum Gasteiger partial charge on any atom is -0.326 e. The zero-order chi connectivity index (χ0) is 17.1. The van der Waals surface area contributed by atoms with Crippen LogP contribution < -0.4 is 5.32 Å². The van der Waals surface area contributed by atoms with Crippen molar-refractivity contribution >= 4 is 27.9 Å². The number of fused-ring (bicyclic) bond motifs is 1. The van der Waals surface area contributed by atoms with Crippen LogP contribution >= 0.6 is 11.3 Å². The van der Waals surface area contributed by atoms with E-state index >= 15 is 0 Å². The van der Waals surface area contributed by atoms with Crippen LogP contribution in [0.25, 0.3) is 15.5 Å². The van der Waals surface area contributed by atoms with Crippen molar-refractivity contribution in [2.45, 2.75) is 46.5 Å². The van der Waals surface area contributed by atoms with Gasteiger partial charge in [0.05, 0.1) is 0 Å². The van der Waals surface area contributed by atoms with Gasteiger partial charge in [-0.2, -0.15) is 9.61 Å². The van der Waals surface area contributed by atoms with E-state index in [1.165, 1.54) is 11.3 Å². The highest BCUT2D eigenvalue weighted by Gasteiger charge is 2.13. The third-order valence-corrected chi connectivity index (χ3v) is 4.84. The summed E-state index contributed by atoms with van der Waals surface area (Å²) in [5.41, 5.74) is 2.86. The summed E-state index contributed by atoms with van der Waals surface area (Å²) in [7, 11) is 0. The van der Waals surface area contributed by atoms with Crippen molar-refractivity contribution in [1.29, 1.82) is 0 Å². The molecule has 2 heterocycles. The molecule has 0 saturated heterocycles. The summed E-state index contributed by atoms with van der Waals surface area (Å²) in [6.07, 6.45) is 3.26. The molecule has 1 amide bonds. The second kappa shape index (κ2) is 7.09. The molecule has 0 unspecified atom stereocenters. The number of nitrogens with zero attached hydrogens (tertiary/aromatic N) is 4. The van der Waals surface area contributed by atoms with Crippen LogP contribution in [0, 0.1) is 6.92 Å². The quantitative estimate of drug-likeness (QED) is 0.738. The van der Waals surface area contributed by atoms with E-state index in [1.807, 2.05) is 32.0 Å². The molecule has 1 aromatic carbocycles. The van der Waals surface area contributed by atoms with Crippen LogP contribution in [-0.2, 0) is 11.2 Å². The van der Waals surface area contributed by atoms with Crippen molar-refractivity contribution in [1.82, 2.24) is 19.8 Å². The number of unbranched alkanes of at least 4 members (excludes halogenated alkanes) is 1. The van der Waals surface area contributed by atoms with Gasteiger partial charge in [-0.05, 0) is 25.0 Å². The number of anilines is 1. The van der Waals surface area contributed by atoms with E-state index in [4.69, 9.17) is 0 Å². The fourth-order valence-corrected chi connectivity index (χ4v) is 3.29. The van der Waals surface area contributed by atoms with Crippen molar-refractivity contribution in [2.75, 3.05) is 5.32 Å². The number of carbonyl (C=O) groups excluding carboxylic acids is 1. The van der Waals surface area contributed by atoms with E-state index in [0.717, 1.165) is 51.9 Å². The predicted molar refractivity (Wildman–Crippen MR) is 96.4 cm³/mol. The molecular weight excluding hydrogens is 322 g/mol. The van der Waals surface area contributed by atoms with Gasteiger partial charge in [0.1, 0.15) is 5.01 Å². The predicted octanol–water partition coefficient (Wildman–Crippen LogP) is 3.85. The van der Waals surface area contributed by atoms with Crippen molar-refractivity contribution in [3.05, 3.63) is 29.6 Å².